The Morgan fingerprint density at radius 3 is 2.62 bits per heavy atom. The Balaban J connectivity index is 2.15. The van der Waals surface area contributed by atoms with Crippen LogP contribution >= 0.6 is 0 Å². The van der Waals surface area contributed by atoms with Gasteiger partial charge in [0, 0.05) is 23.9 Å². The summed E-state index contributed by atoms with van der Waals surface area (Å²) in [6.07, 6.45) is 0. The zero-order valence-electron chi connectivity index (χ0n) is 12.3. The second-order valence-electron chi connectivity index (χ2n) is 4.86. The molecule has 0 aliphatic carbocycles. The van der Waals surface area contributed by atoms with Crippen LogP contribution in [0.4, 0.5) is 11.4 Å². The van der Waals surface area contributed by atoms with Crippen molar-refractivity contribution in [2.75, 3.05) is 12.4 Å². The number of methoxy groups -OCH3 is 1. The van der Waals surface area contributed by atoms with Gasteiger partial charge in [0.2, 0.25) is 0 Å². The summed E-state index contributed by atoms with van der Waals surface area (Å²) in [6, 6.07) is 10.9. The summed E-state index contributed by atoms with van der Waals surface area (Å²) in [5, 5.41) is 14.2. The Morgan fingerprint density at radius 2 is 2.00 bits per heavy atom. The largest absolute Gasteiger partial charge is 0.496 e. The van der Waals surface area contributed by atoms with Gasteiger partial charge in [0.05, 0.1) is 12.0 Å². The first kappa shape index (κ1) is 14.8. The Morgan fingerprint density at radius 1 is 1.24 bits per heavy atom. The van der Waals surface area contributed by atoms with E-state index in [2.05, 4.69) is 5.32 Å². The van der Waals surface area contributed by atoms with Gasteiger partial charge in [0.25, 0.3) is 5.69 Å². The molecule has 21 heavy (non-hydrogen) atoms. The number of nitrogens with zero attached hydrogens (tertiary/aromatic N) is 1. The maximum Gasteiger partial charge on any atom is 0.272 e. The van der Waals surface area contributed by atoms with Crippen LogP contribution < -0.4 is 10.1 Å². The van der Waals surface area contributed by atoms with E-state index in [1.807, 2.05) is 31.2 Å². The summed E-state index contributed by atoms with van der Waals surface area (Å²) in [7, 11) is 1.64. The van der Waals surface area contributed by atoms with E-state index in [0.717, 1.165) is 22.6 Å². The highest BCUT2D eigenvalue weighted by Crippen LogP contribution is 2.24. The molecule has 2 aromatic carbocycles. The van der Waals surface area contributed by atoms with Crippen molar-refractivity contribution in [3.8, 4) is 5.75 Å². The van der Waals surface area contributed by atoms with Crippen molar-refractivity contribution in [1.82, 2.24) is 0 Å². The standard InChI is InChI=1S/C16H18N2O3/c1-11-9-14(7-8-16(11)21-3)17-10-13-5-4-6-15(12(13)2)18(19)20/h4-9,17H,10H2,1-3H3. The summed E-state index contributed by atoms with van der Waals surface area (Å²) in [4.78, 5) is 10.6. The molecule has 0 saturated heterocycles. The number of nitro benzene ring substituents is 1. The second kappa shape index (κ2) is 6.26. The molecule has 0 spiro atoms. The first-order valence-electron chi connectivity index (χ1n) is 6.64. The Labute approximate surface area is 123 Å². The van der Waals surface area contributed by atoms with Gasteiger partial charge in [0.15, 0.2) is 0 Å². The number of hydrogen-bond donors (Lipinski definition) is 1. The van der Waals surface area contributed by atoms with Crippen LogP contribution in [0.2, 0.25) is 0 Å². The molecule has 1 N–H and O–H groups in total. The fourth-order valence-electron chi connectivity index (χ4n) is 2.24. The topological polar surface area (TPSA) is 64.4 Å². The van der Waals surface area contributed by atoms with Gasteiger partial charge in [-0.15, -0.1) is 0 Å². The highest BCUT2D eigenvalue weighted by molar-refractivity contribution is 5.52. The predicted octanol–water partition coefficient (Wildman–Crippen LogP) is 3.83. The number of hydrogen-bond acceptors (Lipinski definition) is 4. The molecular weight excluding hydrogens is 268 g/mol. The van der Waals surface area contributed by atoms with E-state index in [1.165, 1.54) is 6.07 Å². The van der Waals surface area contributed by atoms with Crippen LogP contribution in [-0.2, 0) is 6.54 Å². The summed E-state index contributed by atoms with van der Waals surface area (Å²) >= 11 is 0. The average Bonchev–Trinajstić information content (AvgIpc) is 2.46. The molecule has 0 saturated carbocycles. The van der Waals surface area contributed by atoms with Crippen molar-refractivity contribution in [3.05, 3.63) is 63.2 Å². The van der Waals surface area contributed by atoms with Gasteiger partial charge in [-0.25, -0.2) is 0 Å². The highest BCUT2D eigenvalue weighted by Gasteiger charge is 2.12. The van der Waals surface area contributed by atoms with Crippen LogP contribution in [0.5, 0.6) is 5.75 Å². The van der Waals surface area contributed by atoms with Gasteiger partial charge in [-0.2, -0.15) is 0 Å². The van der Waals surface area contributed by atoms with Gasteiger partial charge < -0.3 is 10.1 Å². The van der Waals surface area contributed by atoms with Gasteiger partial charge >= 0.3 is 0 Å². The van der Waals surface area contributed by atoms with Crippen molar-refractivity contribution in [2.24, 2.45) is 0 Å². The third kappa shape index (κ3) is 3.31. The second-order valence-corrected chi connectivity index (χ2v) is 4.86. The van der Waals surface area contributed by atoms with Gasteiger partial charge in [0.1, 0.15) is 5.75 Å². The van der Waals surface area contributed by atoms with E-state index < -0.39 is 0 Å². The molecule has 0 aliphatic rings. The Hall–Kier alpha value is -2.56. The van der Waals surface area contributed by atoms with Crippen LogP contribution in [0.1, 0.15) is 16.7 Å². The lowest BCUT2D eigenvalue weighted by Crippen LogP contribution is -2.03. The third-order valence-electron chi connectivity index (χ3n) is 3.49. The number of aryl methyl sites for hydroxylation is 1. The summed E-state index contributed by atoms with van der Waals surface area (Å²) in [5.74, 6) is 0.840. The van der Waals surface area contributed by atoms with Gasteiger partial charge in [-0.1, -0.05) is 12.1 Å². The van der Waals surface area contributed by atoms with Crippen molar-refractivity contribution in [3.63, 3.8) is 0 Å². The van der Waals surface area contributed by atoms with Crippen molar-refractivity contribution >= 4 is 11.4 Å². The molecule has 0 aliphatic heterocycles. The summed E-state index contributed by atoms with van der Waals surface area (Å²) in [6.45, 7) is 4.29. The normalized spacial score (nSPS) is 10.2. The lowest BCUT2D eigenvalue weighted by Gasteiger charge is -2.11. The number of nitro groups is 1. The summed E-state index contributed by atoms with van der Waals surface area (Å²) in [5.41, 5.74) is 3.76. The van der Waals surface area contributed by atoms with E-state index in [0.29, 0.717) is 12.1 Å². The molecule has 0 radical (unpaired) electrons. The van der Waals surface area contributed by atoms with Crippen LogP contribution in [0, 0.1) is 24.0 Å². The van der Waals surface area contributed by atoms with Crippen molar-refractivity contribution < 1.29 is 9.66 Å². The molecule has 5 heteroatoms. The van der Waals surface area contributed by atoms with E-state index in [-0.39, 0.29) is 10.6 Å². The maximum absolute atomic E-state index is 10.9. The van der Waals surface area contributed by atoms with Crippen molar-refractivity contribution in [2.45, 2.75) is 20.4 Å². The van der Waals surface area contributed by atoms with Gasteiger partial charge in [-0.05, 0) is 43.2 Å². The lowest BCUT2D eigenvalue weighted by molar-refractivity contribution is -0.385. The highest BCUT2D eigenvalue weighted by atomic mass is 16.6. The number of nitrogens with one attached hydrogen (secondary N) is 1. The van der Waals surface area contributed by atoms with Crippen molar-refractivity contribution in [1.29, 1.82) is 0 Å². The monoisotopic (exact) mass is 286 g/mol. The van der Waals surface area contributed by atoms with E-state index in [1.54, 1.807) is 20.1 Å². The summed E-state index contributed by atoms with van der Waals surface area (Å²) < 4.78 is 5.22. The smallest absolute Gasteiger partial charge is 0.272 e. The maximum atomic E-state index is 10.9. The molecule has 0 fully saturated rings. The Bertz CT molecular complexity index is 669. The SMILES string of the molecule is COc1ccc(NCc2cccc([N+](=O)[O-])c2C)cc1C. The van der Waals surface area contributed by atoms with Crippen LogP contribution in [0.15, 0.2) is 36.4 Å². The zero-order valence-corrected chi connectivity index (χ0v) is 12.3. The molecule has 0 atom stereocenters. The fourth-order valence-corrected chi connectivity index (χ4v) is 2.24. The number of rotatable bonds is 5. The van der Waals surface area contributed by atoms with Crippen LogP contribution in [0.3, 0.4) is 0 Å². The molecule has 0 amide bonds. The molecule has 0 heterocycles. The zero-order chi connectivity index (χ0) is 15.4. The molecule has 2 aromatic rings. The van der Waals surface area contributed by atoms with E-state index >= 15 is 0 Å². The van der Waals surface area contributed by atoms with E-state index in [9.17, 15) is 10.1 Å². The minimum Gasteiger partial charge on any atom is -0.496 e. The third-order valence-corrected chi connectivity index (χ3v) is 3.49. The van der Waals surface area contributed by atoms with Crippen LogP contribution in [-0.4, -0.2) is 12.0 Å². The average molecular weight is 286 g/mol. The predicted molar refractivity (Wildman–Crippen MR) is 82.9 cm³/mol. The number of benzene rings is 2. The molecular formula is C16H18N2O3. The molecule has 0 unspecified atom stereocenters. The molecule has 5 nitrogen and oxygen atoms in total. The molecule has 0 aromatic heterocycles. The van der Waals surface area contributed by atoms with Crippen LogP contribution in [0.25, 0.3) is 0 Å². The number of anilines is 1. The quantitative estimate of drug-likeness (QED) is 0.670. The first-order valence-corrected chi connectivity index (χ1v) is 6.64. The molecule has 110 valence electrons. The minimum atomic E-state index is -0.351. The number of ether oxygens (including phenoxy) is 1. The Kier molecular flexibility index (Phi) is 4.42. The molecule has 2 rings (SSSR count). The fraction of sp³-hybridized carbons (Fsp3) is 0.250. The first-order chi connectivity index (χ1) is 10.0. The van der Waals surface area contributed by atoms with E-state index in [4.69, 9.17) is 4.74 Å². The van der Waals surface area contributed by atoms with Gasteiger partial charge in [-0.3, -0.25) is 10.1 Å². The molecule has 0 bridgehead atoms. The minimum absolute atomic E-state index is 0.153. The lowest BCUT2D eigenvalue weighted by atomic mass is 10.1.